The number of methoxy groups -OCH3 is 1. The van der Waals surface area contributed by atoms with Crippen LogP contribution >= 0.6 is 31.9 Å². The van der Waals surface area contributed by atoms with E-state index < -0.39 is 10.2 Å². The second-order valence-electron chi connectivity index (χ2n) is 6.07. The number of alkyl halides is 1. The molecule has 0 radical (unpaired) electrons. The SMILES string of the molecule is COc1ccc(C2(Cc3cccc(Br)c3)C(=O)N(C)C(=O)C2Br)cc1. The number of likely N-dealkylation sites (tertiary alicyclic amines) is 1. The van der Waals surface area contributed by atoms with Crippen molar-refractivity contribution in [3.05, 3.63) is 64.1 Å². The van der Waals surface area contributed by atoms with E-state index in [1.54, 1.807) is 7.11 Å². The van der Waals surface area contributed by atoms with Crippen LogP contribution in [0, 0.1) is 0 Å². The first kappa shape index (κ1) is 18.1. The molecule has 1 heterocycles. The number of likely N-dealkylation sites (N-methyl/N-ethyl adjacent to an activating group) is 1. The lowest BCUT2D eigenvalue weighted by Crippen LogP contribution is -2.42. The van der Waals surface area contributed by atoms with Crippen molar-refractivity contribution in [2.24, 2.45) is 0 Å². The topological polar surface area (TPSA) is 46.6 Å². The number of nitrogens with zero attached hydrogens (tertiary/aromatic N) is 1. The van der Waals surface area contributed by atoms with Gasteiger partial charge < -0.3 is 4.74 Å². The molecular weight excluding hydrogens is 450 g/mol. The van der Waals surface area contributed by atoms with Gasteiger partial charge in [-0.1, -0.05) is 56.1 Å². The summed E-state index contributed by atoms with van der Waals surface area (Å²) in [5.74, 6) is 0.276. The van der Waals surface area contributed by atoms with Gasteiger partial charge in [-0.25, -0.2) is 0 Å². The molecule has 1 aliphatic heterocycles. The summed E-state index contributed by atoms with van der Waals surface area (Å²) in [6.07, 6.45) is 0.420. The van der Waals surface area contributed by atoms with Crippen LogP contribution in [-0.4, -0.2) is 35.7 Å². The molecule has 0 bridgehead atoms. The van der Waals surface area contributed by atoms with Crippen molar-refractivity contribution in [2.75, 3.05) is 14.2 Å². The fraction of sp³-hybridized carbons (Fsp3) is 0.263. The Labute approximate surface area is 163 Å². The third-order valence-electron chi connectivity index (χ3n) is 4.64. The molecular formula is C19H17Br2NO3. The first-order valence-corrected chi connectivity index (χ1v) is 9.46. The molecule has 2 atom stereocenters. The van der Waals surface area contributed by atoms with Gasteiger partial charge in [-0.05, 0) is 41.8 Å². The van der Waals surface area contributed by atoms with E-state index in [-0.39, 0.29) is 11.8 Å². The predicted molar refractivity (Wildman–Crippen MR) is 103 cm³/mol. The van der Waals surface area contributed by atoms with Crippen LogP contribution in [0.2, 0.25) is 0 Å². The fourth-order valence-electron chi connectivity index (χ4n) is 3.28. The van der Waals surface area contributed by atoms with Gasteiger partial charge in [-0.15, -0.1) is 0 Å². The molecule has 1 aliphatic rings. The highest BCUT2D eigenvalue weighted by Gasteiger charge is 2.58. The van der Waals surface area contributed by atoms with E-state index in [4.69, 9.17) is 4.74 Å². The lowest BCUT2D eigenvalue weighted by atomic mass is 9.74. The van der Waals surface area contributed by atoms with Gasteiger partial charge in [0.2, 0.25) is 11.8 Å². The van der Waals surface area contributed by atoms with Crippen LogP contribution in [0.4, 0.5) is 0 Å². The van der Waals surface area contributed by atoms with Gasteiger partial charge in [-0.2, -0.15) is 0 Å². The van der Waals surface area contributed by atoms with Gasteiger partial charge in [0.15, 0.2) is 0 Å². The molecule has 1 fully saturated rings. The van der Waals surface area contributed by atoms with Crippen molar-refractivity contribution in [1.82, 2.24) is 4.90 Å². The van der Waals surface area contributed by atoms with Crippen LogP contribution in [0.1, 0.15) is 11.1 Å². The third kappa shape index (κ3) is 3.02. The number of hydrogen-bond acceptors (Lipinski definition) is 3. The van der Waals surface area contributed by atoms with E-state index in [1.807, 2.05) is 48.5 Å². The number of halogens is 2. The van der Waals surface area contributed by atoms with Crippen molar-refractivity contribution >= 4 is 43.7 Å². The molecule has 2 unspecified atom stereocenters. The van der Waals surface area contributed by atoms with E-state index in [2.05, 4.69) is 31.9 Å². The zero-order valence-corrected chi connectivity index (χ0v) is 17.0. The molecule has 0 N–H and O–H groups in total. The second kappa shape index (κ2) is 6.92. The molecule has 6 heteroatoms. The van der Waals surface area contributed by atoms with Gasteiger partial charge in [0, 0.05) is 11.5 Å². The maximum atomic E-state index is 13.1. The predicted octanol–water partition coefficient (Wildman–Crippen LogP) is 3.70. The highest BCUT2D eigenvalue weighted by molar-refractivity contribution is 9.10. The molecule has 0 saturated carbocycles. The number of ether oxygens (including phenoxy) is 1. The molecule has 2 aromatic carbocycles. The maximum absolute atomic E-state index is 13.1. The highest BCUT2D eigenvalue weighted by Crippen LogP contribution is 2.43. The Morgan fingerprint density at radius 2 is 1.84 bits per heavy atom. The first-order chi connectivity index (χ1) is 11.9. The minimum absolute atomic E-state index is 0.204. The van der Waals surface area contributed by atoms with E-state index in [1.165, 1.54) is 11.9 Å². The van der Waals surface area contributed by atoms with Crippen LogP contribution in [0.15, 0.2) is 53.0 Å². The van der Waals surface area contributed by atoms with Crippen molar-refractivity contribution in [2.45, 2.75) is 16.7 Å². The summed E-state index contributed by atoms with van der Waals surface area (Å²) in [4.78, 5) is 26.2. The molecule has 2 amide bonds. The monoisotopic (exact) mass is 465 g/mol. The zero-order valence-electron chi connectivity index (χ0n) is 13.8. The summed E-state index contributed by atoms with van der Waals surface area (Å²) in [5, 5.41) is 0. The molecule has 3 rings (SSSR count). The van der Waals surface area contributed by atoms with Gasteiger partial charge >= 0.3 is 0 Å². The number of hydrogen-bond donors (Lipinski definition) is 0. The van der Waals surface area contributed by atoms with Crippen LogP contribution in [0.3, 0.4) is 0 Å². The molecule has 1 saturated heterocycles. The Hall–Kier alpha value is -1.66. The van der Waals surface area contributed by atoms with E-state index in [0.29, 0.717) is 12.2 Å². The largest absolute Gasteiger partial charge is 0.497 e. The van der Waals surface area contributed by atoms with Crippen molar-refractivity contribution in [3.63, 3.8) is 0 Å². The third-order valence-corrected chi connectivity index (χ3v) is 6.31. The van der Waals surface area contributed by atoms with Gasteiger partial charge in [0.1, 0.15) is 16.0 Å². The second-order valence-corrected chi connectivity index (χ2v) is 7.90. The van der Waals surface area contributed by atoms with Crippen molar-refractivity contribution < 1.29 is 14.3 Å². The van der Waals surface area contributed by atoms with E-state index >= 15 is 0 Å². The van der Waals surface area contributed by atoms with E-state index in [0.717, 1.165) is 15.6 Å². The Morgan fingerprint density at radius 1 is 1.16 bits per heavy atom. The Kier molecular flexibility index (Phi) is 5.02. The van der Waals surface area contributed by atoms with E-state index in [9.17, 15) is 9.59 Å². The number of carbonyl (C=O) groups excluding carboxylic acids is 2. The van der Waals surface area contributed by atoms with Crippen LogP contribution in [0.5, 0.6) is 5.75 Å². The molecule has 130 valence electrons. The lowest BCUT2D eigenvalue weighted by molar-refractivity contribution is -0.138. The van der Waals surface area contributed by atoms with Crippen LogP contribution in [0.25, 0.3) is 0 Å². The van der Waals surface area contributed by atoms with Crippen molar-refractivity contribution in [3.8, 4) is 5.75 Å². The summed E-state index contributed by atoms with van der Waals surface area (Å²) >= 11 is 6.97. The number of amides is 2. The van der Waals surface area contributed by atoms with Gasteiger partial charge in [-0.3, -0.25) is 14.5 Å². The van der Waals surface area contributed by atoms with Crippen LogP contribution in [-0.2, 0) is 21.4 Å². The Bertz CT molecular complexity index is 822. The van der Waals surface area contributed by atoms with Crippen LogP contribution < -0.4 is 4.74 Å². The smallest absolute Gasteiger partial charge is 0.244 e. The quantitative estimate of drug-likeness (QED) is 0.509. The molecule has 0 spiro atoms. The average Bonchev–Trinajstić information content (AvgIpc) is 2.78. The average molecular weight is 467 g/mol. The first-order valence-electron chi connectivity index (χ1n) is 7.75. The number of rotatable bonds is 4. The molecule has 0 aromatic heterocycles. The molecule has 2 aromatic rings. The zero-order chi connectivity index (χ0) is 18.2. The lowest BCUT2D eigenvalue weighted by Gasteiger charge is -2.30. The summed E-state index contributed by atoms with van der Waals surface area (Å²) < 4.78 is 6.15. The van der Waals surface area contributed by atoms with Crippen molar-refractivity contribution in [1.29, 1.82) is 0 Å². The van der Waals surface area contributed by atoms with Gasteiger partial charge in [0.25, 0.3) is 0 Å². The summed E-state index contributed by atoms with van der Waals surface area (Å²) in [6, 6.07) is 15.1. The minimum atomic E-state index is -0.987. The summed E-state index contributed by atoms with van der Waals surface area (Å²) in [6.45, 7) is 0. The molecule has 25 heavy (non-hydrogen) atoms. The fourth-order valence-corrected chi connectivity index (χ4v) is 4.66. The highest BCUT2D eigenvalue weighted by atomic mass is 79.9. The normalized spacial score (nSPS) is 23.2. The standard InChI is InChI=1S/C19H17Br2NO3/c1-22-17(23)16(21)19(18(22)24,11-12-4-3-5-14(20)10-12)13-6-8-15(25-2)9-7-13/h3-10,16H,11H2,1-2H3. The number of imide groups is 1. The maximum Gasteiger partial charge on any atom is 0.244 e. The Balaban J connectivity index is 2.14. The minimum Gasteiger partial charge on any atom is -0.497 e. The Morgan fingerprint density at radius 3 is 2.36 bits per heavy atom. The molecule has 0 aliphatic carbocycles. The molecule has 4 nitrogen and oxygen atoms in total. The number of benzene rings is 2. The van der Waals surface area contributed by atoms with Gasteiger partial charge in [0.05, 0.1) is 7.11 Å². The summed E-state index contributed by atoms with van der Waals surface area (Å²) in [5.41, 5.74) is 0.780. The number of carbonyl (C=O) groups is 2. The summed E-state index contributed by atoms with van der Waals surface area (Å²) in [7, 11) is 3.13.